The monoisotopic (exact) mass is 163 g/mol. The van der Waals surface area contributed by atoms with Crippen molar-refractivity contribution in [2.45, 2.75) is 0 Å². The minimum Gasteiger partial charge on any atom is -0.493 e. The first kappa shape index (κ1) is 8.21. The topological polar surface area (TPSA) is 85.1 Å². The van der Waals surface area contributed by atoms with E-state index in [1.54, 1.807) is 6.07 Å². The third kappa shape index (κ3) is 1.25. The molecule has 1 rings (SSSR count). The van der Waals surface area contributed by atoms with Gasteiger partial charge >= 0.3 is 0 Å². The van der Waals surface area contributed by atoms with Crippen LogP contribution >= 0.6 is 0 Å². The van der Waals surface area contributed by atoms with E-state index in [9.17, 15) is 0 Å². The van der Waals surface area contributed by atoms with Crippen molar-refractivity contribution in [3.05, 3.63) is 17.7 Å². The summed E-state index contributed by atoms with van der Waals surface area (Å²) in [7, 11) is 1.46. The molecule has 4 nitrogen and oxygen atoms in total. The molecule has 1 aromatic carbocycles. The molecule has 0 atom stereocenters. The highest BCUT2D eigenvalue weighted by atomic mass is 16.5. The van der Waals surface area contributed by atoms with E-state index in [1.165, 1.54) is 13.2 Å². The first-order chi connectivity index (χ1) is 5.69. The second-order valence-corrected chi connectivity index (χ2v) is 2.30. The lowest BCUT2D eigenvalue weighted by atomic mass is 10.1. The molecule has 4 heteroatoms. The van der Waals surface area contributed by atoms with Crippen LogP contribution in [0.3, 0.4) is 0 Å². The molecule has 0 aliphatic heterocycles. The summed E-state index contributed by atoms with van der Waals surface area (Å²) in [4.78, 5) is 0. The Morgan fingerprint density at radius 3 is 2.58 bits per heavy atom. The lowest BCUT2D eigenvalue weighted by molar-refractivity contribution is 0.416. The molecule has 0 aliphatic rings. The molecule has 0 aliphatic carbocycles. The van der Waals surface area contributed by atoms with Gasteiger partial charge in [0.2, 0.25) is 0 Å². The van der Waals surface area contributed by atoms with Crippen LogP contribution in [-0.4, -0.2) is 7.11 Å². The number of nitrogens with zero attached hydrogens (tertiary/aromatic N) is 1. The minimum atomic E-state index is 0.356. The largest absolute Gasteiger partial charge is 0.493 e. The number of nitriles is 1. The highest BCUT2D eigenvalue weighted by molar-refractivity contribution is 5.67. The van der Waals surface area contributed by atoms with Gasteiger partial charge < -0.3 is 16.2 Å². The summed E-state index contributed by atoms with van der Waals surface area (Å²) in [6.45, 7) is 0. The molecular formula is C8H9N3O. The molecular weight excluding hydrogens is 154 g/mol. The first-order valence-corrected chi connectivity index (χ1v) is 3.32. The number of nitrogens with two attached hydrogens (primary N) is 2. The molecule has 0 saturated heterocycles. The van der Waals surface area contributed by atoms with Crippen molar-refractivity contribution < 1.29 is 4.74 Å². The molecule has 0 spiro atoms. The van der Waals surface area contributed by atoms with Gasteiger partial charge in [-0.1, -0.05) is 0 Å². The van der Waals surface area contributed by atoms with E-state index in [0.29, 0.717) is 22.7 Å². The van der Waals surface area contributed by atoms with Crippen molar-refractivity contribution in [1.82, 2.24) is 0 Å². The van der Waals surface area contributed by atoms with E-state index in [2.05, 4.69) is 0 Å². The third-order valence-corrected chi connectivity index (χ3v) is 1.46. The fourth-order valence-electron chi connectivity index (χ4n) is 0.985. The number of anilines is 2. The Bertz CT molecular complexity index is 341. The Labute approximate surface area is 70.3 Å². The van der Waals surface area contributed by atoms with Gasteiger partial charge in [-0.2, -0.15) is 5.26 Å². The van der Waals surface area contributed by atoms with Gasteiger partial charge in [-0.3, -0.25) is 0 Å². The summed E-state index contributed by atoms with van der Waals surface area (Å²) in [5, 5.41) is 8.66. The van der Waals surface area contributed by atoms with Crippen molar-refractivity contribution >= 4 is 11.4 Å². The van der Waals surface area contributed by atoms with Crippen molar-refractivity contribution in [3.8, 4) is 11.8 Å². The van der Waals surface area contributed by atoms with Gasteiger partial charge in [0.1, 0.15) is 6.07 Å². The Morgan fingerprint density at radius 2 is 2.08 bits per heavy atom. The van der Waals surface area contributed by atoms with Gasteiger partial charge in [-0.25, -0.2) is 0 Å². The van der Waals surface area contributed by atoms with E-state index in [4.69, 9.17) is 21.5 Å². The number of methoxy groups -OCH3 is 1. The van der Waals surface area contributed by atoms with Crippen LogP contribution in [-0.2, 0) is 0 Å². The molecule has 0 aromatic heterocycles. The minimum absolute atomic E-state index is 0.356. The zero-order valence-corrected chi connectivity index (χ0v) is 6.66. The van der Waals surface area contributed by atoms with E-state index in [-0.39, 0.29) is 0 Å². The standard InChI is InChI=1S/C8H9N3O/c1-12-8-5(4-9)2-6(10)3-7(8)11/h2-3H,10-11H2,1H3. The lowest BCUT2D eigenvalue weighted by Crippen LogP contribution is -1.97. The van der Waals surface area contributed by atoms with Crippen LogP contribution in [0.4, 0.5) is 11.4 Å². The SMILES string of the molecule is COc1c(N)cc(N)cc1C#N. The number of hydrogen-bond donors (Lipinski definition) is 2. The van der Waals surface area contributed by atoms with Crippen molar-refractivity contribution in [2.75, 3.05) is 18.6 Å². The smallest absolute Gasteiger partial charge is 0.159 e. The van der Waals surface area contributed by atoms with Crippen LogP contribution < -0.4 is 16.2 Å². The molecule has 0 unspecified atom stereocenters. The van der Waals surface area contributed by atoms with Gasteiger partial charge in [0.25, 0.3) is 0 Å². The average molecular weight is 163 g/mol. The van der Waals surface area contributed by atoms with Gasteiger partial charge in [-0.15, -0.1) is 0 Å². The number of ether oxygens (including phenoxy) is 1. The quantitative estimate of drug-likeness (QED) is 0.597. The zero-order valence-electron chi connectivity index (χ0n) is 6.66. The van der Waals surface area contributed by atoms with Crippen LogP contribution in [0.25, 0.3) is 0 Å². The molecule has 0 radical (unpaired) electrons. The number of rotatable bonds is 1. The Kier molecular flexibility index (Phi) is 2.06. The van der Waals surface area contributed by atoms with Crippen LogP contribution in [0, 0.1) is 11.3 Å². The summed E-state index contributed by atoms with van der Waals surface area (Å²) in [5.41, 5.74) is 12.2. The molecule has 12 heavy (non-hydrogen) atoms. The van der Waals surface area contributed by atoms with E-state index < -0.39 is 0 Å². The molecule has 4 N–H and O–H groups in total. The van der Waals surface area contributed by atoms with Crippen LogP contribution in [0.5, 0.6) is 5.75 Å². The van der Waals surface area contributed by atoms with Gasteiger partial charge in [0, 0.05) is 5.69 Å². The fourth-order valence-corrected chi connectivity index (χ4v) is 0.985. The van der Waals surface area contributed by atoms with Gasteiger partial charge in [0.15, 0.2) is 5.75 Å². The second kappa shape index (κ2) is 3.01. The Hall–Kier alpha value is -1.89. The van der Waals surface area contributed by atoms with Gasteiger partial charge in [0.05, 0.1) is 18.4 Å². The summed E-state index contributed by atoms with van der Waals surface area (Å²) >= 11 is 0. The molecule has 0 saturated carbocycles. The maximum absolute atomic E-state index is 8.66. The van der Waals surface area contributed by atoms with Crippen molar-refractivity contribution in [2.24, 2.45) is 0 Å². The fraction of sp³-hybridized carbons (Fsp3) is 0.125. The summed E-state index contributed by atoms with van der Waals surface area (Å²) < 4.78 is 4.92. The molecule has 62 valence electrons. The van der Waals surface area contributed by atoms with E-state index >= 15 is 0 Å². The Morgan fingerprint density at radius 1 is 1.42 bits per heavy atom. The molecule has 0 heterocycles. The van der Waals surface area contributed by atoms with E-state index in [1.807, 2.05) is 6.07 Å². The second-order valence-electron chi connectivity index (χ2n) is 2.30. The van der Waals surface area contributed by atoms with E-state index in [0.717, 1.165) is 0 Å². The highest BCUT2D eigenvalue weighted by Crippen LogP contribution is 2.28. The van der Waals surface area contributed by atoms with Crippen LogP contribution in [0.1, 0.15) is 5.56 Å². The molecule has 0 fully saturated rings. The third-order valence-electron chi connectivity index (χ3n) is 1.46. The number of nitrogen functional groups attached to an aromatic ring is 2. The first-order valence-electron chi connectivity index (χ1n) is 3.32. The number of hydrogen-bond acceptors (Lipinski definition) is 4. The van der Waals surface area contributed by atoms with Gasteiger partial charge in [-0.05, 0) is 12.1 Å². The number of benzene rings is 1. The van der Waals surface area contributed by atoms with Crippen LogP contribution in [0.2, 0.25) is 0 Å². The normalized spacial score (nSPS) is 9.00. The summed E-state index contributed by atoms with van der Waals surface area (Å²) in [5.74, 6) is 0.381. The van der Waals surface area contributed by atoms with Crippen molar-refractivity contribution in [3.63, 3.8) is 0 Å². The predicted octanol–water partition coefficient (Wildman–Crippen LogP) is 0.731. The maximum Gasteiger partial charge on any atom is 0.159 e. The predicted molar refractivity (Wildman–Crippen MR) is 46.5 cm³/mol. The van der Waals surface area contributed by atoms with Crippen molar-refractivity contribution in [1.29, 1.82) is 5.26 Å². The van der Waals surface area contributed by atoms with Crippen LogP contribution in [0.15, 0.2) is 12.1 Å². The summed E-state index contributed by atoms with van der Waals surface area (Å²) in [6.07, 6.45) is 0. The molecule has 1 aromatic rings. The lowest BCUT2D eigenvalue weighted by Gasteiger charge is -2.06. The average Bonchev–Trinajstić information content (AvgIpc) is 2.03. The maximum atomic E-state index is 8.66. The summed E-state index contributed by atoms with van der Waals surface area (Å²) in [6, 6.07) is 5.02. The zero-order chi connectivity index (χ0) is 9.14. The Balaban J connectivity index is 3.36. The highest BCUT2D eigenvalue weighted by Gasteiger charge is 2.06. The molecule has 0 amide bonds. The molecule has 0 bridgehead atoms.